The lowest BCUT2D eigenvalue weighted by atomic mass is 9.78. The minimum Gasteiger partial charge on any atom is -0.507 e. The van der Waals surface area contributed by atoms with Gasteiger partial charge in [0.25, 0.3) is 5.91 Å². The molecule has 1 amide bonds. The van der Waals surface area contributed by atoms with Crippen molar-refractivity contribution < 1.29 is 19.4 Å². The number of carbonyl (C=O) groups is 2. The molecule has 5 heteroatoms. The molecule has 1 fully saturated rings. The number of benzene rings is 1. The third kappa shape index (κ3) is 4.24. The molecule has 0 aromatic heterocycles. The number of esters is 1. The van der Waals surface area contributed by atoms with E-state index >= 15 is 0 Å². The van der Waals surface area contributed by atoms with E-state index in [1.165, 1.54) is 12.5 Å². The monoisotopic (exact) mass is 319 g/mol. The van der Waals surface area contributed by atoms with Crippen molar-refractivity contribution in [2.24, 2.45) is 11.8 Å². The van der Waals surface area contributed by atoms with Gasteiger partial charge in [0, 0.05) is 6.04 Å². The van der Waals surface area contributed by atoms with Crippen LogP contribution in [0.2, 0.25) is 0 Å². The Kier molecular flexibility index (Phi) is 5.64. The summed E-state index contributed by atoms with van der Waals surface area (Å²) in [5, 5.41) is 12.8. The van der Waals surface area contributed by atoms with Gasteiger partial charge in [0.1, 0.15) is 11.3 Å². The average molecular weight is 319 g/mol. The number of amides is 1. The van der Waals surface area contributed by atoms with Crippen LogP contribution in [0.5, 0.6) is 5.75 Å². The Labute approximate surface area is 137 Å². The minimum atomic E-state index is -0.689. The van der Waals surface area contributed by atoms with Gasteiger partial charge in [-0.25, -0.2) is 4.79 Å². The summed E-state index contributed by atoms with van der Waals surface area (Å²) in [7, 11) is 0. The first-order valence-corrected chi connectivity index (χ1v) is 8.15. The van der Waals surface area contributed by atoms with Gasteiger partial charge in [-0.1, -0.05) is 38.8 Å². The van der Waals surface area contributed by atoms with Crippen LogP contribution in [0.1, 0.15) is 49.0 Å². The Hall–Kier alpha value is -2.04. The molecule has 1 aromatic rings. The van der Waals surface area contributed by atoms with Crippen molar-refractivity contribution in [3.8, 4) is 5.75 Å². The van der Waals surface area contributed by atoms with Gasteiger partial charge in [-0.05, 0) is 36.8 Å². The Morgan fingerprint density at radius 3 is 2.78 bits per heavy atom. The van der Waals surface area contributed by atoms with Gasteiger partial charge in [-0.3, -0.25) is 4.79 Å². The molecule has 1 saturated carbocycles. The first kappa shape index (κ1) is 17.3. The van der Waals surface area contributed by atoms with Crippen LogP contribution in [0.25, 0.3) is 0 Å². The molecule has 5 nitrogen and oxygen atoms in total. The fourth-order valence-electron chi connectivity index (χ4n) is 3.07. The number of phenolic OH excluding ortho intramolecular Hbond substituents is 1. The molecule has 3 atom stereocenters. The largest absolute Gasteiger partial charge is 0.507 e. The van der Waals surface area contributed by atoms with E-state index in [4.69, 9.17) is 4.74 Å². The predicted molar refractivity (Wildman–Crippen MR) is 87.2 cm³/mol. The standard InChI is InChI=1S/C18H25NO4/c1-11-6-5-9-15(13(11)3)19-16(20)10-23-18(22)14-8-4-7-12(2)17(14)21/h4,7-8,11,13,15,21H,5-6,9-10H2,1-3H3,(H,19,20)/t11-,13-,15-/m0/s1. The van der Waals surface area contributed by atoms with Crippen LogP contribution in [0.4, 0.5) is 0 Å². The fourth-order valence-corrected chi connectivity index (χ4v) is 3.07. The number of phenols is 1. The smallest absolute Gasteiger partial charge is 0.342 e. The maximum Gasteiger partial charge on any atom is 0.342 e. The van der Waals surface area contributed by atoms with Crippen molar-refractivity contribution in [3.63, 3.8) is 0 Å². The van der Waals surface area contributed by atoms with Crippen molar-refractivity contribution in [2.75, 3.05) is 6.61 Å². The number of ether oxygens (including phenoxy) is 1. The zero-order chi connectivity index (χ0) is 17.0. The quantitative estimate of drug-likeness (QED) is 0.837. The third-order valence-corrected chi connectivity index (χ3v) is 4.85. The predicted octanol–water partition coefficient (Wildman–Crippen LogP) is 2.80. The maximum absolute atomic E-state index is 12.0. The second-order valence-corrected chi connectivity index (χ2v) is 6.49. The Balaban J connectivity index is 1.86. The van der Waals surface area contributed by atoms with Gasteiger partial charge in [-0.2, -0.15) is 0 Å². The highest BCUT2D eigenvalue weighted by molar-refractivity contribution is 5.94. The van der Waals surface area contributed by atoms with Crippen molar-refractivity contribution in [1.82, 2.24) is 5.32 Å². The first-order chi connectivity index (χ1) is 10.9. The average Bonchev–Trinajstić information content (AvgIpc) is 2.52. The lowest BCUT2D eigenvalue weighted by Gasteiger charge is -2.34. The van der Waals surface area contributed by atoms with Gasteiger partial charge in [-0.15, -0.1) is 0 Å². The number of aryl methyl sites for hydroxylation is 1. The molecular weight excluding hydrogens is 294 g/mol. The Morgan fingerprint density at radius 2 is 2.04 bits per heavy atom. The highest BCUT2D eigenvalue weighted by atomic mass is 16.5. The SMILES string of the molecule is Cc1cccc(C(=O)OCC(=O)N[C@H]2CCC[C@H](C)[C@@H]2C)c1O. The normalized spacial score (nSPS) is 24.0. The van der Waals surface area contributed by atoms with E-state index in [0.717, 1.165) is 12.8 Å². The number of para-hydroxylation sites is 1. The second kappa shape index (κ2) is 7.49. The summed E-state index contributed by atoms with van der Waals surface area (Å²) < 4.78 is 5.02. The van der Waals surface area contributed by atoms with E-state index in [9.17, 15) is 14.7 Å². The van der Waals surface area contributed by atoms with Crippen LogP contribution in [-0.4, -0.2) is 29.6 Å². The summed E-state index contributed by atoms with van der Waals surface area (Å²) >= 11 is 0. The zero-order valence-corrected chi connectivity index (χ0v) is 14.0. The molecular formula is C18H25NO4. The maximum atomic E-state index is 12.0. The van der Waals surface area contributed by atoms with Crippen molar-refractivity contribution in [3.05, 3.63) is 29.3 Å². The van der Waals surface area contributed by atoms with Gasteiger partial charge < -0.3 is 15.2 Å². The summed E-state index contributed by atoms with van der Waals surface area (Å²) in [6, 6.07) is 4.98. The van der Waals surface area contributed by atoms with Crippen molar-refractivity contribution >= 4 is 11.9 Å². The number of nitrogens with one attached hydrogen (secondary N) is 1. The number of carbonyl (C=O) groups excluding carboxylic acids is 2. The first-order valence-electron chi connectivity index (χ1n) is 8.15. The topological polar surface area (TPSA) is 75.6 Å². The van der Waals surface area contributed by atoms with E-state index in [1.54, 1.807) is 19.1 Å². The summed E-state index contributed by atoms with van der Waals surface area (Å²) in [6.07, 6.45) is 3.26. The molecule has 0 bridgehead atoms. The van der Waals surface area contributed by atoms with Crippen molar-refractivity contribution in [2.45, 2.75) is 46.1 Å². The van der Waals surface area contributed by atoms with Crippen LogP contribution in [0.3, 0.4) is 0 Å². The molecule has 126 valence electrons. The molecule has 1 aliphatic carbocycles. The molecule has 0 saturated heterocycles. The molecule has 0 heterocycles. The minimum absolute atomic E-state index is 0.0810. The molecule has 0 radical (unpaired) electrons. The van der Waals surface area contributed by atoms with Crippen LogP contribution >= 0.6 is 0 Å². The lowest BCUT2D eigenvalue weighted by molar-refractivity contribution is -0.125. The molecule has 23 heavy (non-hydrogen) atoms. The van der Waals surface area contributed by atoms with Gasteiger partial charge in [0.2, 0.25) is 0 Å². The lowest BCUT2D eigenvalue weighted by Crippen LogP contribution is -2.45. The fraction of sp³-hybridized carbons (Fsp3) is 0.556. The molecule has 2 N–H and O–H groups in total. The number of hydrogen-bond acceptors (Lipinski definition) is 4. The number of hydrogen-bond donors (Lipinski definition) is 2. The molecule has 0 unspecified atom stereocenters. The van der Waals surface area contributed by atoms with E-state index in [-0.39, 0.29) is 29.9 Å². The van der Waals surface area contributed by atoms with Crippen LogP contribution in [0, 0.1) is 18.8 Å². The van der Waals surface area contributed by atoms with Crippen LogP contribution in [-0.2, 0) is 9.53 Å². The summed E-state index contributed by atoms with van der Waals surface area (Å²) in [5.41, 5.74) is 0.673. The number of aromatic hydroxyl groups is 1. The second-order valence-electron chi connectivity index (χ2n) is 6.49. The molecule has 1 aromatic carbocycles. The van der Waals surface area contributed by atoms with Gasteiger partial charge >= 0.3 is 5.97 Å². The van der Waals surface area contributed by atoms with Crippen LogP contribution in [0.15, 0.2) is 18.2 Å². The number of rotatable bonds is 4. The highest BCUT2D eigenvalue weighted by Gasteiger charge is 2.28. The van der Waals surface area contributed by atoms with Gasteiger partial charge in [0.05, 0.1) is 0 Å². The summed E-state index contributed by atoms with van der Waals surface area (Å²) in [5.74, 6) is -0.0828. The van der Waals surface area contributed by atoms with E-state index < -0.39 is 5.97 Å². The Bertz CT molecular complexity index is 584. The summed E-state index contributed by atoms with van der Waals surface area (Å²) in [4.78, 5) is 24.0. The van der Waals surface area contributed by atoms with Crippen molar-refractivity contribution in [1.29, 1.82) is 0 Å². The highest BCUT2D eigenvalue weighted by Crippen LogP contribution is 2.29. The van der Waals surface area contributed by atoms with Gasteiger partial charge in [0.15, 0.2) is 6.61 Å². The molecule has 0 spiro atoms. The van der Waals surface area contributed by atoms with E-state index in [2.05, 4.69) is 19.2 Å². The Morgan fingerprint density at radius 1 is 1.30 bits per heavy atom. The molecule has 2 rings (SSSR count). The molecule has 0 aliphatic heterocycles. The zero-order valence-electron chi connectivity index (χ0n) is 14.0. The van der Waals surface area contributed by atoms with E-state index in [0.29, 0.717) is 17.4 Å². The summed E-state index contributed by atoms with van der Waals surface area (Å²) in [6.45, 7) is 5.71. The third-order valence-electron chi connectivity index (χ3n) is 4.85. The van der Waals surface area contributed by atoms with Crippen LogP contribution < -0.4 is 5.32 Å². The van der Waals surface area contributed by atoms with E-state index in [1.807, 2.05) is 0 Å². The molecule has 1 aliphatic rings.